The van der Waals surface area contributed by atoms with Crippen molar-refractivity contribution in [3.63, 3.8) is 0 Å². The molecule has 10 heteroatoms. The van der Waals surface area contributed by atoms with E-state index in [-0.39, 0.29) is 31.3 Å². The van der Waals surface area contributed by atoms with E-state index in [0.29, 0.717) is 24.8 Å². The summed E-state index contributed by atoms with van der Waals surface area (Å²) in [5, 5.41) is 7.60. The molecule has 0 aliphatic carbocycles. The Labute approximate surface area is 258 Å². The van der Waals surface area contributed by atoms with Gasteiger partial charge in [0, 0.05) is 33.0 Å². The van der Waals surface area contributed by atoms with Gasteiger partial charge < -0.3 is 26.2 Å². The van der Waals surface area contributed by atoms with Crippen LogP contribution in [0.5, 0.6) is 0 Å². The van der Waals surface area contributed by atoms with Gasteiger partial charge in [0.05, 0.1) is 5.54 Å². The number of nitrogens with one attached hydrogen (secondary N) is 2. The van der Waals surface area contributed by atoms with Crippen molar-refractivity contribution in [2.75, 3.05) is 20.1 Å². The molecule has 0 saturated carbocycles. The molecule has 1 saturated heterocycles. The SMILES string of the molecule is CCC[C@H]1C(=O)N([C@@H](Cc2ccc3ccccc3c2)C(=O)NC)CCN1C(=O)[C@@H](Cc1ccc(F)cc1)NC(=O)C(C)(C)N. The molecule has 4 rings (SSSR count). The summed E-state index contributed by atoms with van der Waals surface area (Å²) < 4.78 is 13.6. The summed E-state index contributed by atoms with van der Waals surface area (Å²) in [5.74, 6) is -1.96. The first-order valence-corrected chi connectivity index (χ1v) is 15.1. The minimum atomic E-state index is -1.25. The third-order valence-electron chi connectivity index (χ3n) is 8.08. The van der Waals surface area contributed by atoms with Crippen LogP contribution >= 0.6 is 0 Å². The lowest BCUT2D eigenvalue weighted by Gasteiger charge is -2.44. The van der Waals surface area contributed by atoms with E-state index < -0.39 is 41.3 Å². The number of piperazine rings is 1. The van der Waals surface area contributed by atoms with Crippen LogP contribution in [-0.2, 0) is 32.0 Å². The van der Waals surface area contributed by atoms with Gasteiger partial charge in [0.1, 0.15) is 23.9 Å². The van der Waals surface area contributed by atoms with Crippen molar-refractivity contribution in [2.24, 2.45) is 5.73 Å². The van der Waals surface area contributed by atoms with Gasteiger partial charge in [-0.1, -0.05) is 67.9 Å². The maximum Gasteiger partial charge on any atom is 0.246 e. The van der Waals surface area contributed by atoms with Crippen LogP contribution in [0, 0.1) is 5.82 Å². The van der Waals surface area contributed by atoms with Gasteiger partial charge in [-0.05, 0) is 54.3 Å². The summed E-state index contributed by atoms with van der Waals surface area (Å²) in [6, 6.07) is 17.0. The van der Waals surface area contributed by atoms with Gasteiger partial charge in [0.15, 0.2) is 0 Å². The largest absolute Gasteiger partial charge is 0.357 e. The summed E-state index contributed by atoms with van der Waals surface area (Å²) in [7, 11) is 1.55. The number of halogens is 1. The quantitative estimate of drug-likeness (QED) is 0.311. The number of nitrogens with two attached hydrogens (primary N) is 1. The highest BCUT2D eigenvalue weighted by molar-refractivity contribution is 5.96. The fourth-order valence-corrected chi connectivity index (χ4v) is 5.63. The first-order chi connectivity index (χ1) is 20.9. The molecule has 1 aliphatic heterocycles. The molecule has 44 heavy (non-hydrogen) atoms. The van der Waals surface area contributed by atoms with Crippen LogP contribution in [0.25, 0.3) is 10.8 Å². The zero-order chi connectivity index (χ0) is 32.0. The van der Waals surface area contributed by atoms with Gasteiger partial charge in [-0.25, -0.2) is 4.39 Å². The standard InChI is InChI=1S/C34H42FN5O4/c1-5-8-28-32(43)40(29(30(41)37-4)21-23-11-14-24-9-6-7-10-25(24)19-23)18-17-39(28)31(42)27(38-33(44)34(2,3)36)20-22-12-15-26(35)16-13-22/h6-7,9-16,19,27-29H,5,8,17-18,20-21,36H2,1-4H3,(H,37,41)(H,38,44)/t27-,28+,29+/m1/s1. The summed E-state index contributed by atoms with van der Waals surface area (Å²) in [5.41, 5.74) is 6.33. The van der Waals surface area contributed by atoms with Gasteiger partial charge >= 0.3 is 0 Å². The molecular formula is C34H42FN5O4. The first-order valence-electron chi connectivity index (χ1n) is 15.1. The second-order valence-corrected chi connectivity index (χ2v) is 12.0. The lowest BCUT2D eigenvalue weighted by molar-refractivity contribution is -0.157. The molecule has 4 N–H and O–H groups in total. The molecule has 3 atom stereocenters. The number of carbonyl (C=O) groups is 4. The normalized spacial score (nSPS) is 16.9. The zero-order valence-corrected chi connectivity index (χ0v) is 25.8. The molecule has 1 fully saturated rings. The van der Waals surface area contributed by atoms with E-state index in [2.05, 4.69) is 10.6 Å². The third kappa shape index (κ3) is 7.60. The van der Waals surface area contributed by atoms with E-state index in [4.69, 9.17) is 5.73 Å². The number of nitrogens with zero attached hydrogens (tertiary/aromatic N) is 2. The van der Waals surface area contributed by atoms with Gasteiger partial charge in [-0.2, -0.15) is 0 Å². The molecule has 234 valence electrons. The number of benzene rings is 3. The monoisotopic (exact) mass is 603 g/mol. The van der Waals surface area contributed by atoms with Gasteiger partial charge in [0.25, 0.3) is 0 Å². The van der Waals surface area contributed by atoms with Crippen molar-refractivity contribution in [3.8, 4) is 0 Å². The number of carbonyl (C=O) groups excluding carboxylic acids is 4. The van der Waals surface area contributed by atoms with Crippen molar-refractivity contribution in [2.45, 2.75) is 70.1 Å². The van der Waals surface area contributed by atoms with Crippen molar-refractivity contribution in [3.05, 3.63) is 83.7 Å². The van der Waals surface area contributed by atoms with Crippen LogP contribution in [0.4, 0.5) is 4.39 Å². The number of hydrogen-bond acceptors (Lipinski definition) is 5. The van der Waals surface area contributed by atoms with Crippen LogP contribution in [0.1, 0.15) is 44.7 Å². The van der Waals surface area contributed by atoms with Crippen molar-refractivity contribution < 1.29 is 23.6 Å². The molecule has 0 unspecified atom stereocenters. The highest BCUT2D eigenvalue weighted by Gasteiger charge is 2.43. The fraction of sp³-hybridized carbons (Fsp3) is 0.412. The maximum absolute atomic E-state index is 14.1. The lowest BCUT2D eigenvalue weighted by Crippen LogP contribution is -2.66. The van der Waals surface area contributed by atoms with Crippen LogP contribution in [0.15, 0.2) is 66.7 Å². The fourth-order valence-electron chi connectivity index (χ4n) is 5.63. The molecule has 0 aromatic heterocycles. The van der Waals surface area contributed by atoms with Gasteiger partial charge in [-0.15, -0.1) is 0 Å². The molecule has 4 amide bonds. The van der Waals surface area contributed by atoms with Gasteiger partial charge in [-0.3, -0.25) is 19.2 Å². The first kappa shape index (κ1) is 32.6. The van der Waals surface area contributed by atoms with Crippen molar-refractivity contribution in [1.29, 1.82) is 0 Å². The number of hydrogen-bond donors (Lipinski definition) is 3. The summed E-state index contributed by atoms with van der Waals surface area (Å²) >= 11 is 0. The Bertz CT molecular complexity index is 1500. The van der Waals surface area contributed by atoms with E-state index in [9.17, 15) is 23.6 Å². The Kier molecular flexibility index (Phi) is 10.4. The van der Waals surface area contributed by atoms with E-state index in [1.807, 2.05) is 49.4 Å². The molecule has 0 spiro atoms. The predicted molar refractivity (Wildman–Crippen MR) is 168 cm³/mol. The van der Waals surface area contributed by atoms with Crippen LogP contribution in [0.3, 0.4) is 0 Å². The Hall–Kier alpha value is -4.31. The van der Waals surface area contributed by atoms with Crippen LogP contribution in [-0.4, -0.2) is 77.2 Å². The highest BCUT2D eigenvalue weighted by atomic mass is 19.1. The molecule has 1 heterocycles. The molecule has 3 aromatic carbocycles. The number of fused-ring (bicyclic) bond motifs is 1. The Morgan fingerprint density at radius 3 is 2.27 bits per heavy atom. The Balaban J connectivity index is 1.60. The second kappa shape index (κ2) is 14.0. The predicted octanol–water partition coefficient (Wildman–Crippen LogP) is 2.94. The summed E-state index contributed by atoms with van der Waals surface area (Å²) in [6.07, 6.45) is 1.42. The molecule has 1 aliphatic rings. The van der Waals surface area contributed by atoms with Crippen LogP contribution in [0.2, 0.25) is 0 Å². The number of likely N-dealkylation sites (N-methyl/N-ethyl adjacent to an activating group) is 1. The minimum Gasteiger partial charge on any atom is -0.357 e. The maximum atomic E-state index is 14.1. The van der Waals surface area contributed by atoms with E-state index in [1.54, 1.807) is 37.9 Å². The lowest BCUT2D eigenvalue weighted by atomic mass is 9.96. The topological polar surface area (TPSA) is 125 Å². The van der Waals surface area contributed by atoms with Gasteiger partial charge in [0.2, 0.25) is 23.6 Å². The highest BCUT2D eigenvalue weighted by Crippen LogP contribution is 2.24. The minimum absolute atomic E-state index is 0.0943. The molecular weight excluding hydrogens is 561 g/mol. The van der Waals surface area contributed by atoms with Crippen molar-refractivity contribution >= 4 is 34.4 Å². The van der Waals surface area contributed by atoms with E-state index in [1.165, 1.54) is 17.0 Å². The third-order valence-corrected chi connectivity index (χ3v) is 8.08. The Morgan fingerprint density at radius 2 is 1.64 bits per heavy atom. The molecule has 9 nitrogen and oxygen atoms in total. The second-order valence-electron chi connectivity index (χ2n) is 12.0. The zero-order valence-electron chi connectivity index (χ0n) is 25.8. The number of amides is 4. The van der Waals surface area contributed by atoms with Crippen molar-refractivity contribution in [1.82, 2.24) is 20.4 Å². The van der Waals surface area contributed by atoms with Crippen LogP contribution < -0.4 is 16.4 Å². The van der Waals surface area contributed by atoms with E-state index in [0.717, 1.165) is 16.3 Å². The average molecular weight is 604 g/mol. The molecule has 0 radical (unpaired) electrons. The van der Waals surface area contributed by atoms with E-state index >= 15 is 0 Å². The average Bonchev–Trinajstić information content (AvgIpc) is 3.00. The molecule has 3 aromatic rings. The summed E-state index contributed by atoms with van der Waals surface area (Å²) in [6.45, 7) is 5.34. The Morgan fingerprint density at radius 1 is 0.977 bits per heavy atom. The summed E-state index contributed by atoms with van der Waals surface area (Å²) in [4.78, 5) is 57.4. The number of rotatable bonds is 11. The molecule has 0 bridgehead atoms. The smallest absolute Gasteiger partial charge is 0.246 e.